The summed E-state index contributed by atoms with van der Waals surface area (Å²) in [6, 6.07) is 15.9. The number of ketones is 1. The van der Waals surface area contributed by atoms with E-state index in [-0.39, 0.29) is 18.6 Å². The van der Waals surface area contributed by atoms with Crippen LogP contribution in [-0.4, -0.2) is 48.5 Å². The van der Waals surface area contributed by atoms with Crippen molar-refractivity contribution in [1.29, 1.82) is 0 Å². The number of benzene rings is 2. The summed E-state index contributed by atoms with van der Waals surface area (Å²) in [6.45, 7) is 2.92. The number of amides is 3. The highest BCUT2D eigenvalue weighted by Crippen LogP contribution is 2.27. The van der Waals surface area contributed by atoms with Crippen LogP contribution in [0.5, 0.6) is 0 Å². The van der Waals surface area contributed by atoms with Crippen LogP contribution >= 0.6 is 0 Å². The van der Waals surface area contributed by atoms with Crippen molar-refractivity contribution in [3.8, 4) is 0 Å². The van der Waals surface area contributed by atoms with E-state index in [1.807, 2.05) is 54.6 Å². The first-order valence-corrected chi connectivity index (χ1v) is 10.4. The fourth-order valence-corrected chi connectivity index (χ4v) is 3.37. The van der Waals surface area contributed by atoms with E-state index in [1.165, 1.54) is 18.7 Å². The summed E-state index contributed by atoms with van der Waals surface area (Å²) in [5.74, 6) is -1.46. The minimum Gasteiger partial charge on any atom is -0.345 e. The van der Waals surface area contributed by atoms with E-state index in [1.54, 1.807) is 7.05 Å². The molecule has 0 saturated heterocycles. The minimum atomic E-state index is -1.16. The fraction of sp³-hybridized carbons (Fsp3) is 0.292. The molecule has 0 aromatic heterocycles. The number of carbonyl (C=O) groups excluding carboxylic acids is 4. The summed E-state index contributed by atoms with van der Waals surface area (Å²) in [4.78, 5) is 55.0. The van der Waals surface area contributed by atoms with Gasteiger partial charge < -0.3 is 20.3 Å². The van der Waals surface area contributed by atoms with Gasteiger partial charge in [-0.3, -0.25) is 14.4 Å². The molecule has 0 radical (unpaired) electrons. The number of nitrogens with one attached hydrogen (secondary N) is 2. The first kappa shape index (κ1) is 22.9. The van der Waals surface area contributed by atoms with Crippen LogP contribution in [0.3, 0.4) is 0 Å². The van der Waals surface area contributed by atoms with E-state index in [2.05, 4.69) is 15.6 Å². The molecule has 2 N–H and O–H groups in total. The van der Waals surface area contributed by atoms with Crippen molar-refractivity contribution in [1.82, 2.24) is 10.6 Å². The Hall–Kier alpha value is -3.81. The Balaban J connectivity index is 1.86. The Morgan fingerprint density at radius 3 is 2.38 bits per heavy atom. The second kappa shape index (κ2) is 10.00. The third-order valence-electron chi connectivity index (χ3n) is 5.14. The first-order chi connectivity index (χ1) is 15.3. The van der Waals surface area contributed by atoms with Gasteiger partial charge in [-0.05, 0) is 19.9 Å². The van der Waals surface area contributed by atoms with Gasteiger partial charge in [0.05, 0.1) is 11.4 Å². The van der Waals surface area contributed by atoms with Crippen molar-refractivity contribution in [2.24, 2.45) is 4.99 Å². The lowest BCUT2D eigenvalue weighted by molar-refractivity contribution is -0.131. The molecule has 0 spiro atoms. The summed E-state index contributed by atoms with van der Waals surface area (Å²) in [7, 11) is 1.64. The molecule has 2 aromatic carbocycles. The van der Waals surface area contributed by atoms with Crippen LogP contribution in [0.2, 0.25) is 0 Å². The molecular formula is C24H26N4O4. The molecule has 0 saturated carbocycles. The van der Waals surface area contributed by atoms with Crippen LogP contribution in [0.4, 0.5) is 5.69 Å². The summed E-state index contributed by atoms with van der Waals surface area (Å²) in [6.07, 6.45) is -1.05. The predicted octanol–water partition coefficient (Wildman–Crippen LogP) is 1.82. The minimum absolute atomic E-state index is 0.00364. The molecule has 1 heterocycles. The number of para-hydroxylation sites is 1. The molecule has 3 rings (SSSR count). The van der Waals surface area contributed by atoms with Crippen molar-refractivity contribution in [3.63, 3.8) is 0 Å². The number of Topliss-reactive ketones (excluding diaryl/α,β-unsaturated/α-hetero) is 1. The molecule has 0 fully saturated rings. The Morgan fingerprint density at radius 1 is 1.03 bits per heavy atom. The third kappa shape index (κ3) is 5.26. The van der Waals surface area contributed by atoms with Gasteiger partial charge in [0, 0.05) is 31.0 Å². The number of nitrogens with zero attached hydrogens (tertiary/aromatic N) is 2. The summed E-state index contributed by atoms with van der Waals surface area (Å²) < 4.78 is 0. The van der Waals surface area contributed by atoms with E-state index in [9.17, 15) is 19.2 Å². The molecule has 1 aliphatic heterocycles. The molecular weight excluding hydrogens is 408 g/mol. The van der Waals surface area contributed by atoms with Gasteiger partial charge in [-0.2, -0.15) is 0 Å². The normalized spacial score (nSPS) is 16.3. The molecule has 166 valence electrons. The van der Waals surface area contributed by atoms with Crippen LogP contribution in [0.25, 0.3) is 0 Å². The monoisotopic (exact) mass is 434 g/mol. The highest BCUT2D eigenvalue weighted by molar-refractivity contribution is 6.20. The molecule has 2 aromatic rings. The number of rotatable bonds is 7. The van der Waals surface area contributed by atoms with E-state index in [0.29, 0.717) is 11.4 Å². The van der Waals surface area contributed by atoms with E-state index >= 15 is 0 Å². The van der Waals surface area contributed by atoms with Gasteiger partial charge in [0.25, 0.3) is 5.91 Å². The Bertz CT molecular complexity index is 1060. The lowest BCUT2D eigenvalue weighted by atomic mass is 10.0. The van der Waals surface area contributed by atoms with Gasteiger partial charge in [-0.25, -0.2) is 4.99 Å². The molecule has 8 nitrogen and oxygen atoms in total. The third-order valence-corrected chi connectivity index (χ3v) is 5.14. The summed E-state index contributed by atoms with van der Waals surface area (Å²) in [5, 5.41) is 5.19. The van der Waals surface area contributed by atoms with E-state index in [0.717, 1.165) is 11.1 Å². The quantitative estimate of drug-likeness (QED) is 0.693. The van der Waals surface area contributed by atoms with Crippen LogP contribution in [0, 0.1) is 0 Å². The van der Waals surface area contributed by atoms with Gasteiger partial charge in [-0.15, -0.1) is 0 Å². The molecule has 2 atom stereocenters. The van der Waals surface area contributed by atoms with Crippen LogP contribution in [0.1, 0.15) is 37.8 Å². The number of carbonyl (C=O) groups is 4. The number of hydrogen-bond donors (Lipinski definition) is 2. The fourth-order valence-electron chi connectivity index (χ4n) is 3.37. The summed E-state index contributed by atoms with van der Waals surface area (Å²) in [5.41, 5.74) is 2.86. The van der Waals surface area contributed by atoms with Crippen molar-refractivity contribution >= 4 is 34.9 Å². The maximum Gasteiger partial charge on any atom is 0.272 e. The van der Waals surface area contributed by atoms with Gasteiger partial charge in [0.2, 0.25) is 18.0 Å². The predicted molar refractivity (Wildman–Crippen MR) is 121 cm³/mol. The number of likely N-dealkylation sites (N-methyl/N-ethyl adjacent to an activating group) is 1. The van der Waals surface area contributed by atoms with Gasteiger partial charge in [0.15, 0.2) is 0 Å². The zero-order chi connectivity index (χ0) is 23.3. The van der Waals surface area contributed by atoms with Gasteiger partial charge in [-0.1, -0.05) is 48.5 Å². The molecule has 0 aliphatic carbocycles. The topological polar surface area (TPSA) is 108 Å². The molecule has 0 unspecified atom stereocenters. The zero-order valence-electron chi connectivity index (χ0n) is 18.3. The number of hydrogen-bond acceptors (Lipinski definition) is 5. The molecule has 1 aliphatic rings. The number of aliphatic imine (C=N–C) groups is 1. The van der Waals surface area contributed by atoms with E-state index < -0.39 is 29.9 Å². The second-order valence-electron chi connectivity index (χ2n) is 7.66. The van der Waals surface area contributed by atoms with Gasteiger partial charge in [0.1, 0.15) is 11.8 Å². The zero-order valence-corrected chi connectivity index (χ0v) is 18.3. The smallest absolute Gasteiger partial charge is 0.272 e. The van der Waals surface area contributed by atoms with Crippen molar-refractivity contribution in [3.05, 3.63) is 65.7 Å². The maximum atomic E-state index is 13.1. The Labute approximate surface area is 186 Å². The SMILES string of the molecule is CC(=O)CCC(=O)N[C@@H](C)C(=O)N[C@H]1N=C(c2ccccc2)c2ccccc2N(C)C1=O. The van der Waals surface area contributed by atoms with Gasteiger partial charge >= 0.3 is 0 Å². The highest BCUT2D eigenvalue weighted by atomic mass is 16.2. The Kier molecular flexibility index (Phi) is 7.14. The van der Waals surface area contributed by atoms with Crippen molar-refractivity contribution in [2.75, 3.05) is 11.9 Å². The van der Waals surface area contributed by atoms with Crippen molar-refractivity contribution < 1.29 is 19.2 Å². The second-order valence-corrected chi connectivity index (χ2v) is 7.66. The average molecular weight is 434 g/mol. The summed E-state index contributed by atoms with van der Waals surface area (Å²) >= 11 is 0. The number of anilines is 1. The standard InChI is InChI=1S/C24H26N4O4/c1-15(29)13-14-20(30)25-16(2)23(31)27-22-24(32)28(3)19-12-8-7-11-18(19)21(26-22)17-9-5-4-6-10-17/h4-12,16,22H,13-14H2,1-3H3,(H,25,30)(H,27,31)/t16-,22+/m0/s1. The maximum absolute atomic E-state index is 13.1. The van der Waals surface area contributed by atoms with E-state index in [4.69, 9.17) is 0 Å². The highest BCUT2D eigenvalue weighted by Gasteiger charge is 2.32. The molecule has 0 bridgehead atoms. The van der Waals surface area contributed by atoms with Crippen LogP contribution < -0.4 is 15.5 Å². The molecule has 8 heteroatoms. The lowest BCUT2D eigenvalue weighted by Gasteiger charge is -2.22. The Morgan fingerprint density at radius 2 is 1.69 bits per heavy atom. The number of fused-ring (bicyclic) bond motifs is 1. The molecule has 32 heavy (non-hydrogen) atoms. The van der Waals surface area contributed by atoms with Crippen molar-refractivity contribution in [2.45, 2.75) is 38.9 Å². The number of benzodiazepines with no additional fused rings is 1. The van der Waals surface area contributed by atoms with Crippen LogP contribution in [0.15, 0.2) is 59.6 Å². The largest absolute Gasteiger partial charge is 0.345 e. The van der Waals surface area contributed by atoms with Crippen LogP contribution in [-0.2, 0) is 19.2 Å². The average Bonchev–Trinajstić information content (AvgIpc) is 2.89. The lowest BCUT2D eigenvalue weighted by Crippen LogP contribution is -2.52. The first-order valence-electron chi connectivity index (χ1n) is 10.4. The molecule has 3 amide bonds.